The molecule has 0 fully saturated rings. The topological polar surface area (TPSA) is 70.1 Å². The molecule has 94 valence electrons. The van der Waals surface area contributed by atoms with Crippen LogP contribution in [-0.4, -0.2) is 22.9 Å². The maximum atomic E-state index is 11.4. The molecule has 1 heterocycles. The SMILES string of the molecule is COC(=O)C(N)c1cccc(-c2cnn(C)c2)c1. The number of benzene rings is 1. The summed E-state index contributed by atoms with van der Waals surface area (Å²) in [5.41, 5.74) is 8.49. The third kappa shape index (κ3) is 2.41. The first-order valence-corrected chi connectivity index (χ1v) is 5.54. The van der Waals surface area contributed by atoms with Gasteiger partial charge in [0, 0.05) is 18.8 Å². The summed E-state index contributed by atoms with van der Waals surface area (Å²) in [5, 5.41) is 4.11. The van der Waals surface area contributed by atoms with Crippen molar-refractivity contribution in [3.8, 4) is 11.1 Å². The first-order valence-electron chi connectivity index (χ1n) is 5.54. The van der Waals surface area contributed by atoms with Crippen molar-refractivity contribution in [1.82, 2.24) is 9.78 Å². The Bertz CT molecular complexity index is 563. The van der Waals surface area contributed by atoms with Gasteiger partial charge in [-0.25, -0.2) is 0 Å². The molecule has 0 spiro atoms. The number of methoxy groups -OCH3 is 1. The van der Waals surface area contributed by atoms with Gasteiger partial charge in [0.1, 0.15) is 6.04 Å². The Kier molecular flexibility index (Phi) is 3.43. The van der Waals surface area contributed by atoms with Gasteiger partial charge in [-0.2, -0.15) is 5.10 Å². The lowest BCUT2D eigenvalue weighted by atomic mass is 10.0. The molecule has 0 amide bonds. The molecule has 0 aliphatic heterocycles. The van der Waals surface area contributed by atoms with E-state index in [0.717, 1.165) is 16.7 Å². The predicted molar refractivity (Wildman–Crippen MR) is 67.6 cm³/mol. The van der Waals surface area contributed by atoms with E-state index < -0.39 is 12.0 Å². The van der Waals surface area contributed by atoms with Crippen molar-refractivity contribution < 1.29 is 9.53 Å². The lowest BCUT2D eigenvalue weighted by Crippen LogP contribution is -2.22. The number of hydrogen-bond acceptors (Lipinski definition) is 4. The van der Waals surface area contributed by atoms with E-state index in [1.807, 2.05) is 31.4 Å². The largest absolute Gasteiger partial charge is 0.468 e. The van der Waals surface area contributed by atoms with E-state index in [9.17, 15) is 4.79 Å². The van der Waals surface area contributed by atoms with Gasteiger partial charge in [0.25, 0.3) is 0 Å². The summed E-state index contributed by atoms with van der Waals surface area (Å²) >= 11 is 0. The molecule has 1 atom stereocenters. The predicted octanol–water partition coefficient (Wildman–Crippen LogP) is 1.26. The molecule has 0 radical (unpaired) electrons. The Labute approximate surface area is 105 Å². The zero-order valence-corrected chi connectivity index (χ0v) is 10.3. The maximum absolute atomic E-state index is 11.4. The van der Waals surface area contributed by atoms with Crippen molar-refractivity contribution >= 4 is 5.97 Å². The fourth-order valence-electron chi connectivity index (χ4n) is 1.75. The number of hydrogen-bond donors (Lipinski definition) is 1. The maximum Gasteiger partial charge on any atom is 0.327 e. The molecule has 2 rings (SSSR count). The van der Waals surface area contributed by atoms with Crippen LogP contribution in [0.1, 0.15) is 11.6 Å². The van der Waals surface area contributed by atoms with Gasteiger partial charge in [0.2, 0.25) is 0 Å². The van der Waals surface area contributed by atoms with E-state index in [2.05, 4.69) is 9.84 Å². The zero-order chi connectivity index (χ0) is 13.1. The number of esters is 1. The molecule has 5 nitrogen and oxygen atoms in total. The first kappa shape index (κ1) is 12.3. The van der Waals surface area contributed by atoms with Crippen molar-refractivity contribution in [3.63, 3.8) is 0 Å². The number of rotatable bonds is 3. The van der Waals surface area contributed by atoms with Crippen LogP contribution in [0.3, 0.4) is 0 Å². The molecule has 1 aromatic heterocycles. The Hall–Kier alpha value is -2.14. The third-order valence-corrected chi connectivity index (χ3v) is 2.74. The van der Waals surface area contributed by atoms with Crippen molar-refractivity contribution in [2.75, 3.05) is 7.11 Å². The average molecular weight is 245 g/mol. The summed E-state index contributed by atoms with van der Waals surface area (Å²) in [5.74, 6) is -0.446. The summed E-state index contributed by atoms with van der Waals surface area (Å²) in [6, 6.07) is 6.73. The van der Waals surface area contributed by atoms with Crippen molar-refractivity contribution in [1.29, 1.82) is 0 Å². The highest BCUT2D eigenvalue weighted by Gasteiger charge is 2.16. The van der Waals surface area contributed by atoms with E-state index in [0.29, 0.717) is 0 Å². The first-order chi connectivity index (χ1) is 8.61. The number of nitrogens with two attached hydrogens (primary N) is 1. The molecule has 2 aromatic rings. The molecule has 5 heteroatoms. The third-order valence-electron chi connectivity index (χ3n) is 2.74. The molecule has 2 N–H and O–H groups in total. The van der Waals surface area contributed by atoms with E-state index in [-0.39, 0.29) is 0 Å². The van der Waals surface area contributed by atoms with Gasteiger partial charge in [-0.05, 0) is 17.2 Å². The van der Waals surface area contributed by atoms with Crippen LogP contribution in [0.25, 0.3) is 11.1 Å². The van der Waals surface area contributed by atoms with Crippen molar-refractivity contribution in [2.24, 2.45) is 12.8 Å². The molecule has 0 saturated carbocycles. The van der Waals surface area contributed by atoms with E-state index in [1.54, 1.807) is 16.9 Å². The van der Waals surface area contributed by atoms with Gasteiger partial charge in [-0.3, -0.25) is 9.48 Å². The minimum Gasteiger partial charge on any atom is -0.468 e. The van der Waals surface area contributed by atoms with Crippen LogP contribution in [0, 0.1) is 0 Å². The number of ether oxygens (including phenoxy) is 1. The number of aryl methyl sites for hydroxylation is 1. The van der Waals surface area contributed by atoms with Gasteiger partial charge in [-0.15, -0.1) is 0 Å². The molecule has 0 aliphatic rings. The smallest absolute Gasteiger partial charge is 0.327 e. The number of carbonyl (C=O) groups is 1. The number of aromatic nitrogens is 2. The van der Waals surface area contributed by atoms with Crippen LogP contribution in [0.15, 0.2) is 36.7 Å². The molecule has 0 bridgehead atoms. The summed E-state index contributed by atoms with van der Waals surface area (Å²) in [4.78, 5) is 11.4. The van der Waals surface area contributed by atoms with Crippen LogP contribution in [0.4, 0.5) is 0 Å². The van der Waals surface area contributed by atoms with Gasteiger partial charge >= 0.3 is 5.97 Å². The highest BCUT2D eigenvalue weighted by Crippen LogP contribution is 2.22. The Morgan fingerprint density at radius 3 is 2.83 bits per heavy atom. The Morgan fingerprint density at radius 2 is 2.22 bits per heavy atom. The standard InChI is InChI=1S/C13H15N3O2/c1-16-8-11(7-15-16)9-4-3-5-10(6-9)12(14)13(17)18-2/h3-8,12H,14H2,1-2H3. The number of carbonyl (C=O) groups excluding carboxylic acids is 1. The normalized spacial score (nSPS) is 12.2. The summed E-state index contributed by atoms with van der Waals surface area (Å²) in [6.07, 6.45) is 3.67. The summed E-state index contributed by atoms with van der Waals surface area (Å²) < 4.78 is 6.36. The molecule has 0 saturated heterocycles. The van der Waals surface area contributed by atoms with Gasteiger partial charge < -0.3 is 10.5 Å². The molecular formula is C13H15N3O2. The fourth-order valence-corrected chi connectivity index (χ4v) is 1.75. The van der Waals surface area contributed by atoms with E-state index in [1.165, 1.54) is 7.11 Å². The van der Waals surface area contributed by atoms with Crippen molar-refractivity contribution in [2.45, 2.75) is 6.04 Å². The second kappa shape index (κ2) is 5.01. The Morgan fingerprint density at radius 1 is 1.44 bits per heavy atom. The lowest BCUT2D eigenvalue weighted by molar-refractivity contribution is -0.142. The fraction of sp³-hybridized carbons (Fsp3) is 0.231. The monoisotopic (exact) mass is 245 g/mol. The highest BCUT2D eigenvalue weighted by molar-refractivity contribution is 5.78. The van der Waals surface area contributed by atoms with Gasteiger partial charge in [0.05, 0.1) is 13.3 Å². The molecule has 0 aliphatic carbocycles. The summed E-state index contributed by atoms with van der Waals surface area (Å²) in [6.45, 7) is 0. The Balaban J connectivity index is 2.33. The van der Waals surface area contributed by atoms with Crippen molar-refractivity contribution in [3.05, 3.63) is 42.2 Å². The van der Waals surface area contributed by atoms with Crippen LogP contribution >= 0.6 is 0 Å². The van der Waals surface area contributed by atoms with Crippen LogP contribution in [-0.2, 0) is 16.6 Å². The molecule has 1 aromatic carbocycles. The van der Waals surface area contributed by atoms with E-state index >= 15 is 0 Å². The number of nitrogens with zero attached hydrogens (tertiary/aromatic N) is 2. The molecule has 1 unspecified atom stereocenters. The lowest BCUT2D eigenvalue weighted by Gasteiger charge is -2.10. The van der Waals surface area contributed by atoms with Gasteiger partial charge in [-0.1, -0.05) is 18.2 Å². The van der Waals surface area contributed by atoms with Crippen LogP contribution in [0.2, 0.25) is 0 Å². The van der Waals surface area contributed by atoms with Gasteiger partial charge in [0.15, 0.2) is 0 Å². The second-order valence-electron chi connectivity index (χ2n) is 4.03. The summed E-state index contributed by atoms with van der Waals surface area (Å²) in [7, 11) is 3.18. The molecular weight excluding hydrogens is 230 g/mol. The van der Waals surface area contributed by atoms with Crippen LogP contribution in [0.5, 0.6) is 0 Å². The van der Waals surface area contributed by atoms with Crippen LogP contribution < -0.4 is 5.73 Å². The minimum atomic E-state index is -0.758. The average Bonchev–Trinajstić information content (AvgIpc) is 2.84. The zero-order valence-electron chi connectivity index (χ0n) is 10.3. The quantitative estimate of drug-likeness (QED) is 0.826. The second-order valence-corrected chi connectivity index (χ2v) is 4.03. The highest BCUT2D eigenvalue weighted by atomic mass is 16.5. The van der Waals surface area contributed by atoms with E-state index in [4.69, 9.17) is 5.73 Å². The minimum absolute atomic E-state index is 0.446. The molecule has 18 heavy (non-hydrogen) atoms.